The Labute approximate surface area is 95.3 Å². The second-order valence-electron chi connectivity index (χ2n) is 4.92. The molecule has 1 aliphatic rings. The molecule has 0 spiro atoms. The Balaban J connectivity index is 2.24. The van der Waals surface area contributed by atoms with Gasteiger partial charge in [-0.1, -0.05) is 0 Å². The second kappa shape index (κ2) is 3.33. The van der Waals surface area contributed by atoms with Gasteiger partial charge in [0.2, 0.25) is 5.89 Å². The molecule has 5 heteroatoms. The van der Waals surface area contributed by atoms with Crippen LogP contribution in [0.25, 0.3) is 0 Å². The molecule has 5 nitrogen and oxygen atoms in total. The zero-order valence-electron chi connectivity index (χ0n) is 10.1. The summed E-state index contributed by atoms with van der Waals surface area (Å²) in [4.78, 5) is 4.26. The first-order valence-electron chi connectivity index (χ1n) is 5.29. The van der Waals surface area contributed by atoms with Crippen LogP contribution < -0.4 is 11.2 Å². The molecule has 1 atom stereocenters. The van der Waals surface area contributed by atoms with Gasteiger partial charge in [-0.25, -0.2) is 10.4 Å². The topological polar surface area (TPSA) is 67.3 Å². The summed E-state index contributed by atoms with van der Waals surface area (Å²) in [6.45, 7) is 7.83. The Morgan fingerprint density at radius 2 is 2.25 bits per heavy atom. The summed E-state index contributed by atoms with van der Waals surface area (Å²) >= 11 is 0. The van der Waals surface area contributed by atoms with Crippen molar-refractivity contribution in [3.63, 3.8) is 0 Å². The van der Waals surface area contributed by atoms with Crippen LogP contribution in [0.15, 0.2) is 22.9 Å². The lowest BCUT2D eigenvalue weighted by atomic mass is 10.1. The minimum atomic E-state index is -0.515. The number of hydrazine groups is 1. The highest BCUT2D eigenvalue weighted by Gasteiger charge is 2.37. The molecule has 0 radical (unpaired) electrons. The predicted octanol–water partition coefficient (Wildman–Crippen LogP) is 1.23. The largest absolute Gasteiger partial charge is 0.443 e. The van der Waals surface area contributed by atoms with Crippen molar-refractivity contribution in [3.05, 3.63) is 30.1 Å². The van der Waals surface area contributed by atoms with E-state index in [-0.39, 0.29) is 5.54 Å². The molecule has 0 aromatic carbocycles. The van der Waals surface area contributed by atoms with E-state index in [2.05, 4.69) is 10.4 Å². The molecule has 0 amide bonds. The molecule has 0 aliphatic carbocycles. The van der Waals surface area contributed by atoms with Crippen molar-refractivity contribution >= 4 is 0 Å². The Bertz CT molecular complexity index is 419. The van der Waals surface area contributed by atoms with Gasteiger partial charge in [-0.05, 0) is 33.8 Å². The molecule has 0 saturated heterocycles. The molecular weight excluding hydrogens is 204 g/mol. The zero-order chi connectivity index (χ0) is 12.0. The van der Waals surface area contributed by atoms with Crippen LogP contribution in [0, 0.1) is 6.92 Å². The Kier molecular flexibility index (Phi) is 2.32. The van der Waals surface area contributed by atoms with E-state index in [0.717, 1.165) is 5.76 Å². The highest BCUT2D eigenvalue weighted by Crippen LogP contribution is 2.29. The molecule has 3 N–H and O–H groups in total. The molecule has 1 unspecified atom stereocenters. The highest BCUT2D eigenvalue weighted by atomic mass is 16.4. The van der Waals surface area contributed by atoms with Gasteiger partial charge in [0.1, 0.15) is 17.0 Å². The predicted molar refractivity (Wildman–Crippen MR) is 61.0 cm³/mol. The van der Waals surface area contributed by atoms with Gasteiger partial charge in [-0.3, -0.25) is 5.01 Å². The first kappa shape index (κ1) is 11.2. The molecule has 16 heavy (non-hydrogen) atoms. The molecule has 0 fully saturated rings. The Morgan fingerprint density at radius 1 is 1.56 bits per heavy atom. The lowest BCUT2D eigenvalue weighted by Crippen LogP contribution is -2.55. The van der Waals surface area contributed by atoms with Gasteiger partial charge in [0, 0.05) is 6.20 Å². The summed E-state index contributed by atoms with van der Waals surface area (Å²) in [7, 11) is 0. The average molecular weight is 222 g/mol. The third-order valence-corrected chi connectivity index (χ3v) is 2.68. The van der Waals surface area contributed by atoms with Crippen molar-refractivity contribution in [2.45, 2.75) is 38.9 Å². The van der Waals surface area contributed by atoms with E-state index < -0.39 is 5.66 Å². The maximum absolute atomic E-state index is 5.96. The van der Waals surface area contributed by atoms with Crippen LogP contribution in [0.1, 0.15) is 32.4 Å². The maximum atomic E-state index is 5.96. The molecule has 2 rings (SSSR count). The number of nitrogens with two attached hydrogens (primary N) is 1. The standard InChI is InChI=1S/C11H18N4O/c1-8-7-13-9(16-8)10(2,3)15-6-5-11(4,12)14-15/h5-7,14H,12H2,1-4H3. The van der Waals surface area contributed by atoms with E-state index in [4.69, 9.17) is 10.2 Å². The minimum absolute atomic E-state index is 0.373. The number of rotatable bonds is 2. The summed E-state index contributed by atoms with van der Waals surface area (Å²) in [5, 5.41) is 1.91. The van der Waals surface area contributed by atoms with Gasteiger partial charge < -0.3 is 10.2 Å². The lowest BCUT2D eigenvalue weighted by molar-refractivity contribution is 0.0777. The van der Waals surface area contributed by atoms with Gasteiger partial charge >= 0.3 is 0 Å². The molecule has 1 aliphatic heterocycles. The maximum Gasteiger partial charge on any atom is 0.221 e. The van der Waals surface area contributed by atoms with Crippen molar-refractivity contribution in [1.29, 1.82) is 0 Å². The number of oxazole rings is 1. The highest BCUT2D eigenvalue weighted by molar-refractivity contribution is 5.12. The summed E-state index contributed by atoms with van der Waals surface area (Å²) in [6.07, 6.45) is 5.54. The quantitative estimate of drug-likeness (QED) is 0.787. The van der Waals surface area contributed by atoms with Crippen LogP contribution in [0.2, 0.25) is 0 Å². The molecule has 1 aromatic rings. The zero-order valence-corrected chi connectivity index (χ0v) is 10.1. The Hall–Kier alpha value is -1.33. The SMILES string of the molecule is Cc1cnc(C(C)(C)N2C=CC(C)(N)N2)o1. The second-order valence-corrected chi connectivity index (χ2v) is 4.92. The van der Waals surface area contributed by atoms with Crippen LogP contribution in [0.4, 0.5) is 0 Å². The molecule has 88 valence electrons. The van der Waals surface area contributed by atoms with Crippen molar-refractivity contribution in [2.24, 2.45) is 5.73 Å². The van der Waals surface area contributed by atoms with Gasteiger partial charge in [-0.2, -0.15) is 0 Å². The first-order valence-corrected chi connectivity index (χ1v) is 5.29. The van der Waals surface area contributed by atoms with Gasteiger partial charge in [-0.15, -0.1) is 0 Å². The summed E-state index contributed by atoms with van der Waals surface area (Å²) < 4.78 is 5.56. The van der Waals surface area contributed by atoms with E-state index in [1.807, 2.05) is 45.0 Å². The summed E-state index contributed by atoms with van der Waals surface area (Å²) in [6, 6.07) is 0. The lowest BCUT2D eigenvalue weighted by Gasteiger charge is -2.35. The number of nitrogens with zero attached hydrogens (tertiary/aromatic N) is 2. The van der Waals surface area contributed by atoms with Crippen LogP contribution in [-0.2, 0) is 5.54 Å². The fourth-order valence-electron chi connectivity index (χ4n) is 1.63. The molecular formula is C11H18N4O. The van der Waals surface area contributed by atoms with Gasteiger partial charge in [0.25, 0.3) is 0 Å². The van der Waals surface area contributed by atoms with Crippen LogP contribution in [0.5, 0.6) is 0 Å². The third-order valence-electron chi connectivity index (χ3n) is 2.68. The number of aryl methyl sites for hydroxylation is 1. The minimum Gasteiger partial charge on any atom is -0.443 e. The van der Waals surface area contributed by atoms with Gasteiger partial charge in [0.05, 0.1) is 6.20 Å². The van der Waals surface area contributed by atoms with E-state index in [1.54, 1.807) is 6.20 Å². The molecule has 2 heterocycles. The average Bonchev–Trinajstić information content (AvgIpc) is 2.72. The monoisotopic (exact) mass is 222 g/mol. The summed E-state index contributed by atoms with van der Waals surface area (Å²) in [5.74, 6) is 1.47. The van der Waals surface area contributed by atoms with Crippen molar-refractivity contribution in [1.82, 2.24) is 15.4 Å². The molecule has 0 saturated carbocycles. The number of hydrogen-bond donors (Lipinski definition) is 2. The van der Waals surface area contributed by atoms with E-state index >= 15 is 0 Å². The first-order chi connectivity index (χ1) is 7.31. The van der Waals surface area contributed by atoms with Crippen LogP contribution >= 0.6 is 0 Å². The van der Waals surface area contributed by atoms with Crippen LogP contribution in [0.3, 0.4) is 0 Å². The molecule has 1 aromatic heterocycles. The van der Waals surface area contributed by atoms with E-state index in [1.165, 1.54) is 0 Å². The summed E-state index contributed by atoms with van der Waals surface area (Å²) in [5.41, 5.74) is 8.25. The number of nitrogens with one attached hydrogen (secondary N) is 1. The van der Waals surface area contributed by atoms with Crippen molar-refractivity contribution in [3.8, 4) is 0 Å². The number of aromatic nitrogens is 1. The van der Waals surface area contributed by atoms with E-state index in [9.17, 15) is 0 Å². The van der Waals surface area contributed by atoms with Crippen molar-refractivity contribution < 1.29 is 4.42 Å². The fraction of sp³-hybridized carbons (Fsp3) is 0.545. The molecule has 0 bridgehead atoms. The van der Waals surface area contributed by atoms with Gasteiger partial charge in [0.15, 0.2) is 0 Å². The van der Waals surface area contributed by atoms with Crippen molar-refractivity contribution in [2.75, 3.05) is 0 Å². The normalized spacial score (nSPS) is 25.4. The smallest absolute Gasteiger partial charge is 0.221 e. The third kappa shape index (κ3) is 1.83. The fourth-order valence-corrected chi connectivity index (χ4v) is 1.63. The van der Waals surface area contributed by atoms with E-state index in [0.29, 0.717) is 5.89 Å². The Morgan fingerprint density at radius 3 is 2.69 bits per heavy atom. The van der Waals surface area contributed by atoms with Crippen LogP contribution in [-0.4, -0.2) is 15.7 Å². The number of hydrogen-bond acceptors (Lipinski definition) is 5.